The summed E-state index contributed by atoms with van der Waals surface area (Å²) in [4.78, 5) is 21.9. The smallest absolute Gasteiger partial charge is 0.503 e. The maximum absolute atomic E-state index is 6.33. The second-order valence-corrected chi connectivity index (χ2v) is 10.9. The standard InChI is InChI=1S/C39H24N6O2.2Pd/c1-25-15-27(35-7-3-5-13-41-35)19-31(17-25)46-29-9-11-33-34-12-10-30(22-38(34)45(37(33)21-29)39-43-23-40-24-44-39)47-32-18-26(2)16-28(20-32)36-8-4-6-14-42-36;;/h3-18,23-24H,1-2H3;;/q-4;2*+2. The molecule has 0 radical (unpaired) electrons. The van der Waals surface area contributed by atoms with Crippen LogP contribution in [0, 0.1) is 38.1 Å². The number of hydrogen-bond acceptors (Lipinski definition) is 7. The molecule has 0 aliphatic carbocycles. The van der Waals surface area contributed by atoms with E-state index in [2.05, 4.69) is 49.2 Å². The molecule has 0 amide bonds. The van der Waals surface area contributed by atoms with Gasteiger partial charge in [0.2, 0.25) is 5.95 Å². The molecule has 0 fully saturated rings. The average molecular weight is 822 g/mol. The Balaban J connectivity index is 0.00000208. The molecule has 4 aromatic carbocycles. The molecule has 4 aromatic heterocycles. The second kappa shape index (κ2) is 14.6. The first-order valence-corrected chi connectivity index (χ1v) is 14.9. The Morgan fingerprint density at radius 3 is 1.47 bits per heavy atom. The maximum atomic E-state index is 6.33. The largest absolute Gasteiger partial charge is 2.00 e. The summed E-state index contributed by atoms with van der Waals surface area (Å²) in [5.41, 5.74) is 6.83. The minimum absolute atomic E-state index is 0. The number of fused-ring (bicyclic) bond motifs is 3. The Hall–Kier alpha value is -5.09. The third-order valence-electron chi connectivity index (χ3n) is 7.51. The fourth-order valence-corrected chi connectivity index (χ4v) is 5.52. The van der Waals surface area contributed by atoms with E-state index in [-0.39, 0.29) is 40.8 Å². The first kappa shape index (κ1) is 33.8. The van der Waals surface area contributed by atoms with Gasteiger partial charge in [-0.1, -0.05) is 73.4 Å². The number of ether oxygens (including phenoxy) is 2. The molecule has 0 spiro atoms. The van der Waals surface area contributed by atoms with Gasteiger partial charge in [0.25, 0.3) is 0 Å². The topological polar surface area (TPSA) is 87.8 Å². The maximum Gasteiger partial charge on any atom is 2.00 e. The van der Waals surface area contributed by atoms with Crippen molar-refractivity contribution in [1.29, 1.82) is 0 Å². The van der Waals surface area contributed by atoms with Crippen LogP contribution in [0.2, 0.25) is 0 Å². The van der Waals surface area contributed by atoms with Crippen LogP contribution in [0.5, 0.6) is 23.0 Å². The first-order valence-electron chi connectivity index (χ1n) is 14.9. The van der Waals surface area contributed by atoms with Crippen molar-refractivity contribution in [1.82, 2.24) is 29.5 Å². The van der Waals surface area contributed by atoms with Crippen LogP contribution in [0.25, 0.3) is 50.3 Å². The van der Waals surface area contributed by atoms with E-state index in [1.54, 1.807) is 12.4 Å². The van der Waals surface area contributed by atoms with E-state index < -0.39 is 0 Å². The Morgan fingerprint density at radius 2 is 1.02 bits per heavy atom. The minimum atomic E-state index is 0. The molecule has 0 unspecified atom stereocenters. The Kier molecular flexibility index (Phi) is 10.1. The van der Waals surface area contributed by atoms with Crippen molar-refractivity contribution in [3.05, 3.63) is 145 Å². The van der Waals surface area contributed by atoms with Gasteiger partial charge in [0.05, 0.1) is 0 Å². The van der Waals surface area contributed by atoms with Crippen molar-refractivity contribution >= 4 is 21.8 Å². The van der Waals surface area contributed by atoms with Crippen molar-refractivity contribution < 1.29 is 50.3 Å². The summed E-state index contributed by atoms with van der Waals surface area (Å²) in [6.07, 6.45) is 6.45. The minimum Gasteiger partial charge on any atom is -0.503 e. The van der Waals surface area contributed by atoms with Crippen LogP contribution in [0.3, 0.4) is 0 Å². The summed E-state index contributed by atoms with van der Waals surface area (Å²) in [6.45, 7) is 4.03. The SMILES string of the molecule is Cc1cc(Oc2[c-]c3c(cc2)c2ccc(Oc4[c-]c(-c5ccccn5)cc(C)c4)[c-]c2n3-c2ncncn2)[c-]c(-c2ccccn2)c1.[Pd+2].[Pd+2]. The first-order chi connectivity index (χ1) is 23.1. The van der Waals surface area contributed by atoms with Gasteiger partial charge in [-0.05, 0) is 23.5 Å². The average Bonchev–Trinajstić information content (AvgIpc) is 3.41. The Labute approximate surface area is 310 Å². The van der Waals surface area contributed by atoms with Crippen LogP contribution in [0.15, 0.2) is 110 Å². The fraction of sp³-hybridized carbons (Fsp3) is 0.0513. The van der Waals surface area contributed by atoms with Gasteiger partial charge in [-0.15, -0.1) is 58.7 Å². The normalized spacial score (nSPS) is 10.7. The van der Waals surface area contributed by atoms with Gasteiger partial charge in [0.1, 0.15) is 12.7 Å². The van der Waals surface area contributed by atoms with Gasteiger partial charge in [-0.3, -0.25) is 0 Å². The van der Waals surface area contributed by atoms with Crippen molar-refractivity contribution in [2.24, 2.45) is 0 Å². The second-order valence-electron chi connectivity index (χ2n) is 10.9. The van der Waals surface area contributed by atoms with Gasteiger partial charge in [0.15, 0.2) is 0 Å². The molecular weight excluding hydrogens is 797 g/mol. The molecule has 242 valence electrons. The number of pyridine rings is 2. The van der Waals surface area contributed by atoms with Gasteiger partial charge < -0.3 is 24.0 Å². The van der Waals surface area contributed by atoms with E-state index in [0.717, 1.165) is 44.4 Å². The monoisotopic (exact) mass is 820 g/mol. The van der Waals surface area contributed by atoms with Crippen LogP contribution in [-0.2, 0) is 40.8 Å². The van der Waals surface area contributed by atoms with Crippen LogP contribution in [0.4, 0.5) is 0 Å². The summed E-state index contributed by atoms with van der Waals surface area (Å²) < 4.78 is 14.5. The number of nitrogens with zero attached hydrogens (tertiary/aromatic N) is 6. The zero-order valence-electron chi connectivity index (χ0n) is 26.0. The molecule has 0 saturated carbocycles. The third kappa shape index (κ3) is 7.05. The van der Waals surface area contributed by atoms with E-state index in [9.17, 15) is 0 Å². The predicted octanol–water partition coefficient (Wildman–Crippen LogP) is 8.49. The Morgan fingerprint density at radius 1 is 0.531 bits per heavy atom. The summed E-state index contributed by atoms with van der Waals surface area (Å²) >= 11 is 0. The van der Waals surface area contributed by atoms with Gasteiger partial charge in [0, 0.05) is 35.4 Å². The number of rotatable bonds is 7. The van der Waals surface area contributed by atoms with Crippen LogP contribution < -0.4 is 9.47 Å². The summed E-state index contributed by atoms with van der Waals surface area (Å²) in [5, 5.41) is 1.86. The van der Waals surface area contributed by atoms with Gasteiger partial charge >= 0.3 is 40.8 Å². The fourth-order valence-electron chi connectivity index (χ4n) is 5.52. The van der Waals surface area contributed by atoms with E-state index in [4.69, 9.17) is 9.47 Å². The van der Waals surface area contributed by atoms with Crippen LogP contribution >= 0.6 is 0 Å². The van der Waals surface area contributed by atoms with Gasteiger partial charge in [-0.2, -0.15) is 22.9 Å². The zero-order valence-corrected chi connectivity index (χ0v) is 29.1. The molecule has 4 heterocycles. The Bertz CT molecular complexity index is 2240. The zero-order chi connectivity index (χ0) is 31.7. The number of aromatic nitrogens is 6. The summed E-state index contributed by atoms with van der Waals surface area (Å²) in [7, 11) is 0. The van der Waals surface area contributed by atoms with E-state index in [1.165, 1.54) is 12.7 Å². The van der Waals surface area contributed by atoms with Crippen molar-refractivity contribution in [2.45, 2.75) is 13.8 Å². The van der Waals surface area contributed by atoms with Crippen molar-refractivity contribution in [3.8, 4) is 51.5 Å². The molecule has 49 heavy (non-hydrogen) atoms. The molecule has 0 atom stereocenters. The molecule has 10 heteroatoms. The summed E-state index contributed by atoms with van der Waals surface area (Å²) in [5.74, 6) is 2.56. The molecule has 8 nitrogen and oxygen atoms in total. The number of benzene rings is 4. The van der Waals surface area contributed by atoms with Crippen molar-refractivity contribution in [3.63, 3.8) is 0 Å². The number of aryl methyl sites for hydroxylation is 2. The van der Waals surface area contributed by atoms with Gasteiger partial charge in [-0.25, -0.2) is 15.0 Å². The third-order valence-corrected chi connectivity index (χ3v) is 7.51. The van der Waals surface area contributed by atoms with Crippen LogP contribution in [-0.4, -0.2) is 29.5 Å². The molecular formula is C39H24N6O2Pd2. The molecule has 8 aromatic rings. The number of hydrogen-bond donors (Lipinski definition) is 0. The summed E-state index contributed by atoms with van der Waals surface area (Å²) in [6, 6.07) is 40.9. The molecule has 0 bridgehead atoms. The predicted molar refractivity (Wildman–Crippen MR) is 178 cm³/mol. The molecule has 0 N–H and O–H groups in total. The van der Waals surface area contributed by atoms with E-state index >= 15 is 0 Å². The molecule has 0 saturated heterocycles. The molecule has 0 aliphatic rings. The van der Waals surface area contributed by atoms with Crippen LogP contribution in [0.1, 0.15) is 11.1 Å². The van der Waals surface area contributed by atoms with Crippen molar-refractivity contribution in [2.75, 3.05) is 0 Å². The quantitative estimate of drug-likeness (QED) is 0.118. The molecule has 8 rings (SSSR count). The molecule has 0 aliphatic heterocycles. The van der Waals surface area contributed by atoms with E-state index in [1.807, 2.05) is 103 Å². The van der Waals surface area contributed by atoms with E-state index in [0.29, 0.717) is 40.0 Å².